The zero-order chi connectivity index (χ0) is 22.1. The van der Waals surface area contributed by atoms with Gasteiger partial charge in [0.25, 0.3) is 5.56 Å². The van der Waals surface area contributed by atoms with E-state index < -0.39 is 11.2 Å². The van der Waals surface area contributed by atoms with Gasteiger partial charge in [-0.1, -0.05) is 19.6 Å². The number of hydrogen-bond donors (Lipinski definition) is 1. The lowest BCUT2D eigenvalue weighted by atomic mass is 9.83. The second kappa shape index (κ2) is 6.44. The number of nitrogen functional groups attached to an aromatic ring is 1. The zero-order valence-corrected chi connectivity index (χ0v) is 18.4. The van der Waals surface area contributed by atoms with Crippen LogP contribution in [0, 0.1) is 0 Å². The average molecular weight is 418 g/mol. The van der Waals surface area contributed by atoms with E-state index in [0.717, 1.165) is 33.4 Å². The van der Waals surface area contributed by atoms with Crippen LogP contribution < -0.4 is 11.3 Å². The Morgan fingerprint density at radius 3 is 2.81 bits per heavy atom. The summed E-state index contributed by atoms with van der Waals surface area (Å²) in [6.07, 6.45) is 0.605. The van der Waals surface area contributed by atoms with Gasteiger partial charge in [-0.3, -0.25) is 4.79 Å². The van der Waals surface area contributed by atoms with Crippen LogP contribution in [-0.4, -0.2) is 15.2 Å². The van der Waals surface area contributed by atoms with Gasteiger partial charge in [0.1, 0.15) is 12.4 Å². The summed E-state index contributed by atoms with van der Waals surface area (Å²) in [7, 11) is 0. The molecule has 0 saturated heterocycles. The number of nitrogens with two attached hydrogens (primary N) is 1. The molecule has 1 aromatic carbocycles. The fraction of sp³-hybridized carbons (Fsp3) is 0.360. The molecule has 2 aliphatic heterocycles. The molecule has 0 spiro atoms. The molecule has 2 N–H and O–H groups in total. The van der Waals surface area contributed by atoms with Crippen molar-refractivity contribution < 1.29 is 9.47 Å². The molecule has 31 heavy (non-hydrogen) atoms. The van der Waals surface area contributed by atoms with Gasteiger partial charge >= 0.3 is 0 Å². The molecule has 0 unspecified atom stereocenters. The van der Waals surface area contributed by atoms with E-state index in [4.69, 9.17) is 20.2 Å². The van der Waals surface area contributed by atoms with Gasteiger partial charge in [0.15, 0.2) is 5.60 Å². The van der Waals surface area contributed by atoms with Crippen LogP contribution in [0.25, 0.3) is 22.3 Å². The van der Waals surface area contributed by atoms with Crippen LogP contribution in [-0.2, 0) is 28.2 Å². The fourth-order valence-electron chi connectivity index (χ4n) is 4.84. The molecule has 4 heterocycles. The number of hydrogen-bond acceptors (Lipinski definition) is 5. The van der Waals surface area contributed by atoms with Crippen LogP contribution in [0.5, 0.6) is 0 Å². The maximum atomic E-state index is 13.6. The summed E-state index contributed by atoms with van der Waals surface area (Å²) in [5.41, 5.74) is 10.3. The summed E-state index contributed by atoms with van der Waals surface area (Å²) >= 11 is 0. The summed E-state index contributed by atoms with van der Waals surface area (Å²) < 4.78 is 14.2. The van der Waals surface area contributed by atoms with E-state index in [1.165, 1.54) is 0 Å². The normalized spacial score (nSPS) is 19.7. The van der Waals surface area contributed by atoms with E-state index >= 15 is 0 Å². The minimum atomic E-state index is -0.884. The Bertz CT molecular complexity index is 1320. The van der Waals surface area contributed by atoms with Gasteiger partial charge in [-0.05, 0) is 51.5 Å². The van der Waals surface area contributed by atoms with Crippen LogP contribution in [0.4, 0.5) is 5.69 Å². The lowest BCUT2D eigenvalue weighted by Crippen LogP contribution is -2.44. The van der Waals surface area contributed by atoms with Crippen molar-refractivity contribution in [1.29, 1.82) is 0 Å². The second-order valence-electron chi connectivity index (χ2n) is 9.33. The van der Waals surface area contributed by atoms with Crippen LogP contribution in [0.3, 0.4) is 0 Å². The van der Waals surface area contributed by atoms with Gasteiger partial charge in [-0.25, -0.2) is 4.98 Å². The lowest BCUT2D eigenvalue weighted by molar-refractivity contribution is -0.149. The summed E-state index contributed by atoms with van der Waals surface area (Å²) in [4.78, 5) is 18.4. The van der Waals surface area contributed by atoms with Gasteiger partial charge in [0, 0.05) is 22.2 Å². The monoisotopic (exact) mass is 417 g/mol. The first-order valence-corrected chi connectivity index (χ1v) is 10.6. The molecule has 0 radical (unpaired) electrons. The van der Waals surface area contributed by atoms with Crippen molar-refractivity contribution in [3.05, 3.63) is 69.7 Å². The van der Waals surface area contributed by atoms with E-state index in [1.54, 1.807) is 4.57 Å². The molecule has 0 aliphatic carbocycles. The summed E-state index contributed by atoms with van der Waals surface area (Å²) in [6, 6.07) is 9.81. The van der Waals surface area contributed by atoms with Gasteiger partial charge < -0.3 is 19.8 Å². The van der Waals surface area contributed by atoms with Crippen molar-refractivity contribution in [2.24, 2.45) is 0 Å². The number of rotatable bonds is 2. The number of benzene rings is 1. The summed E-state index contributed by atoms with van der Waals surface area (Å²) in [5, 5.41) is 0.905. The van der Waals surface area contributed by atoms with E-state index in [9.17, 15) is 4.79 Å². The highest BCUT2D eigenvalue weighted by Gasteiger charge is 2.46. The molecule has 0 bridgehead atoms. The quantitative estimate of drug-likeness (QED) is 0.487. The van der Waals surface area contributed by atoms with Crippen LogP contribution in [0.1, 0.15) is 50.8 Å². The predicted molar refractivity (Wildman–Crippen MR) is 122 cm³/mol. The number of pyridine rings is 2. The molecule has 3 aromatic rings. The van der Waals surface area contributed by atoms with Crippen LogP contribution in [0.2, 0.25) is 0 Å². The highest BCUT2D eigenvalue weighted by atomic mass is 16.6. The molecule has 2 aromatic heterocycles. The number of anilines is 1. The standard InChI is InChI=1S/C25H27N3O3/c1-6-25(31-24(3,4)5)14(2)30-13-17-18(25)11-21-22-15(12-28(21)23(17)29)10-16-19(26)8-7-9-20(16)27-22/h7-11H,2,6,12-13,26H2,1,3-5H3/t25-/m1/s1. The molecular formula is C25H27N3O3. The first kappa shape index (κ1) is 19.8. The van der Waals surface area contributed by atoms with Gasteiger partial charge in [-0.2, -0.15) is 0 Å². The minimum absolute atomic E-state index is 0.0645. The van der Waals surface area contributed by atoms with Crippen molar-refractivity contribution in [1.82, 2.24) is 9.55 Å². The van der Waals surface area contributed by atoms with E-state index in [2.05, 4.69) is 12.6 Å². The Labute approximate surface area is 181 Å². The van der Waals surface area contributed by atoms with Crippen LogP contribution in [0.15, 0.2) is 47.5 Å². The highest BCUT2D eigenvalue weighted by Crippen LogP contribution is 2.46. The Hall–Kier alpha value is -3.12. The molecule has 5 rings (SSSR count). The fourth-order valence-corrected chi connectivity index (χ4v) is 4.84. The maximum Gasteiger partial charge on any atom is 0.258 e. The van der Waals surface area contributed by atoms with Gasteiger partial charge in [0.05, 0.1) is 34.6 Å². The molecule has 160 valence electrons. The lowest BCUT2D eigenvalue weighted by Gasteiger charge is -2.43. The van der Waals surface area contributed by atoms with E-state index in [-0.39, 0.29) is 12.2 Å². The third-order valence-corrected chi connectivity index (χ3v) is 6.20. The first-order valence-electron chi connectivity index (χ1n) is 10.6. The van der Waals surface area contributed by atoms with Crippen molar-refractivity contribution in [2.75, 3.05) is 5.73 Å². The molecule has 0 fully saturated rings. The Morgan fingerprint density at radius 1 is 1.32 bits per heavy atom. The van der Waals surface area contributed by atoms with Crippen LogP contribution >= 0.6 is 0 Å². The largest absolute Gasteiger partial charge is 0.490 e. The molecule has 0 saturated carbocycles. The number of ether oxygens (including phenoxy) is 2. The summed E-state index contributed by atoms with van der Waals surface area (Å²) in [6.45, 7) is 12.8. The Morgan fingerprint density at radius 2 is 2.10 bits per heavy atom. The van der Waals surface area contributed by atoms with Crippen molar-refractivity contribution in [3.63, 3.8) is 0 Å². The molecule has 0 amide bonds. The van der Waals surface area contributed by atoms with Crippen molar-refractivity contribution >= 4 is 16.6 Å². The Kier molecular flexibility index (Phi) is 4.12. The number of fused-ring (bicyclic) bond motifs is 5. The average Bonchev–Trinajstić information content (AvgIpc) is 3.07. The van der Waals surface area contributed by atoms with Crippen molar-refractivity contribution in [2.45, 2.75) is 58.5 Å². The van der Waals surface area contributed by atoms with Crippen molar-refractivity contribution in [3.8, 4) is 11.4 Å². The topological polar surface area (TPSA) is 79.4 Å². The van der Waals surface area contributed by atoms with E-state index in [1.807, 2.05) is 52.0 Å². The zero-order valence-electron chi connectivity index (χ0n) is 18.4. The molecule has 6 nitrogen and oxygen atoms in total. The molecule has 6 heteroatoms. The van der Waals surface area contributed by atoms with E-state index in [0.29, 0.717) is 30.0 Å². The SMILES string of the molecule is C=C1OCc2c(cc3n(c2=O)Cc2cc4c(N)cccc4nc2-3)[C@]1(CC)OC(C)(C)C. The Balaban J connectivity index is 1.78. The predicted octanol–water partition coefficient (Wildman–Crippen LogP) is 4.47. The summed E-state index contributed by atoms with van der Waals surface area (Å²) in [5.74, 6) is 0.541. The maximum absolute atomic E-state index is 13.6. The second-order valence-corrected chi connectivity index (χ2v) is 9.33. The number of nitrogens with zero attached hydrogens (tertiary/aromatic N) is 2. The smallest absolute Gasteiger partial charge is 0.258 e. The molecule has 2 aliphatic rings. The minimum Gasteiger partial charge on any atom is -0.490 e. The number of aromatic nitrogens is 2. The first-order chi connectivity index (χ1) is 14.6. The van der Waals surface area contributed by atoms with Gasteiger partial charge in [0.2, 0.25) is 0 Å². The molecule has 1 atom stereocenters. The van der Waals surface area contributed by atoms with Gasteiger partial charge in [-0.15, -0.1) is 0 Å². The highest BCUT2D eigenvalue weighted by molar-refractivity contribution is 5.93. The third-order valence-electron chi connectivity index (χ3n) is 6.20. The third kappa shape index (κ3) is 2.82. The molecular weight excluding hydrogens is 390 g/mol.